The Balaban J connectivity index is 2.45. The van der Waals surface area contributed by atoms with Crippen molar-refractivity contribution in [2.45, 2.75) is 18.9 Å². The number of rotatable bonds is 0. The van der Waals surface area contributed by atoms with Crippen LogP contribution in [0.3, 0.4) is 0 Å². The first-order valence-electron chi connectivity index (χ1n) is 2.63. The Bertz CT molecular complexity index is 177. The summed E-state index contributed by atoms with van der Waals surface area (Å²) in [5.74, 6) is 1.83. The van der Waals surface area contributed by atoms with Crippen LogP contribution in [0.1, 0.15) is 12.8 Å². The van der Waals surface area contributed by atoms with Crippen LogP contribution in [0, 0.1) is 12.1 Å². The van der Waals surface area contributed by atoms with E-state index in [2.05, 4.69) is 10.7 Å². The van der Waals surface area contributed by atoms with Gasteiger partial charge in [-0.3, -0.25) is 4.79 Å². The van der Waals surface area contributed by atoms with Gasteiger partial charge in [-0.05, 0) is 5.92 Å². The van der Waals surface area contributed by atoms with Crippen LogP contribution in [-0.4, -0.2) is 12.1 Å². The zero-order valence-electron chi connectivity index (χ0n) is 4.69. The first kappa shape index (κ1) is 6.09. The third-order valence-corrected chi connectivity index (χ3v) is 1.10. The number of esters is 1. The molecular formula is C6H5FO2. The van der Waals surface area contributed by atoms with Crippen LogP contribution in [0.4, 0.5) is 4.39 Å². The van der Waals surface area contributed by atoms with Crippen molar-refractivity contribution in [3.05, 3.63) is 0 Å². The van der Waals surface area contributed by atoms with E-state index in [0.29, 0.717) is 12.8 Å². The van der Waals surface area contributed by atoms with Crippen molar-refractivity contribution >= 4 is 5.97 Å². The van der Waals surface area contributed by atoms with Crippen LogP contribution < -0.4 is 0 Å². The van der Waals surface area contributed by atoms with E-state index < -0.39 is 6.10 Å². The molecule has 1 fully saturated rings. The minimum atomic E-state index is -0.498. The number of cyclic esters (lactones) is 1. The second-order valence-electron chi connectivity index (χ2n) is 1.76. The largest absolute Gasteiger partial charge is 0.449 e. The molecule has 0 bridgehead atoms. The van der Waals surface area contributed by atoms with Gasteiger partial charge >= 0.3 is 5.97 Å². The maximum atomic E-state index is 11.2. The normalized spacial score (nSPS) is 24.6. The molecule has 3 heteroatoms. The van der Waals surface area contributed by atoms with Gasteiger partial charge in [-0.25, -0.2) is 0 Å². The van der Waals surface area contributed by atoms with Gasteiger partial charge < -0.3 is 4.74 Å². The lowest BCUT2D eigenvalue weighted by molar-refractivity contribution is -0.139. The monoisotopic (exact) mass is 128 g/mol. The van der Waals surface area contributed by atoms with Crippen molar-refractivity contribution in [1.82, 2.24) is 0 Å². The molecule has 0 aromatic rings. The molecule has 0 N–H and O–H groups in total. The zero-order chi connectivity index (χ0) is 6.69. The van der Waals surface area contributed by atoms with Crippen LogP contribution in [0.25, 0.3) is 0 Å². The van der Waals surface area contributed by atoms with Crippen LogP contribution in [-0.2, 0) is 9.53 Å². The third kappa shape index (κ3) is 1.43. The summed E-state index contributed by atoms with van der Waals surface area (Å²) in [6.07, 6.45) is 1.59. The lowest BCUT2D eigenvalue weighted by atomic mass is 10.2. The number of carbonyl (C=O) groups excluding carboxylic acids is 1. The fourth-order valence-corrected chi connectivity index (χ4v) is 0.688. The smallest absolute Gasteiger partial charge is 0.307 e. The maximum Gasteiger partial charge on any atom is 0.307 e. The Labute approximate surface area is 52.0 Å². The van der Waals surface area contributed by atoms with Crippen LogP contribution in [0.15, 0.2) is 0 Å². The SMILES string of the molecule is O=C1CCC(C#CF)O1. The predicted octanol–water partition coefficient (Wildman–Crippen LogP) is 0.622. The van der Waals surface area contributed by atoms with Crippen LogP contribution in [0.2, 0.25) is 0 Å². The van der Waals surface area contributed by atoms with Crippen molar-refractivity contribution < 1.29 is 13.9 Å². The van der Waals surface area contributed by atoms with Gasteiger partial charge in [0.1, 0.15) is 6.17 Å². The lowest BCUT2D eigenvalue weighted by Crippen LogP contribution is -2.02. The van der Waals surface area contributed by atoms with Gasteiger partial charge in [-0.1, -0.05) is 0 Å². The molecular weight excluding hydrogens is 123 g/mol. The molecule has 48 valence electrons. The van der Waals surface area contributed by atoms with Crippen molar-refractivity contribution in [3.8, 4) is 12.1 Å². The molecule has 1 heterocycles. The van der Waals surface area contributed by atoms with Gasteiger partial charge in [-0.2, -0.15) is 0 Å². The van der Waals surface area contributed by atoms with Gasteiger partial charge in [0.15, 0.2) is 6.10 Å². The molecule has 0 aliphatic carbocycles. The molecule has 1 aliphatic heterocycles. The second-order valence-corrected chi connectivity index (χ2v) is 1.76. The average molecular weight is 128 g/mol. The van der Waals surface area contributed by atoms with Gasteiger partial charge in [-0.15, -0.1) is 4.39 Å². The van der Waals surface area contributed by atoms with Crippen LogP contribution >= 0.6 is 0 Å². The Kier molecular flexibility index (Phi) is 1.69. The van der Waals surface area contributed by atoms with Gasteiger partial charge in [0, 0.05) is 6.42 Å². The standard InChI is InChI=1S/C6H5FO2/c7-4-3-5-1-2-6(8)9-5/h5H,1-2H2. The van der Waals surface area contributed by atoms with E-state index in [4.69, 9.17) is 0 Å². The fourth-order valence-electron chi connectivity index (χ4n) is 0.688. The summed E-state index contributed by atoms with van der Waals surface area (Å²) in [6.45, 7) is 0. The molecule has 1 saturated heterocycles. The summed E-state index contributed by atoms with van der Waals surface area (Å²) in [5, 5.41) is 0. The Morgan fingerprint density at radius 3 is 3.00 bits per heavy atom. The first-order valence-corrected chi connectivity index (χ1v) is 2.63. The van der Waals surface area contributed by atoms with Gasteiger partial charge in [0.25, 0.3) is 0 Å². The fraction of sp³-hybridized carbons (Fsp3) is 0.500. The molecule has 0 aromatic carbocycles. The van der Waals surface area contributed by atoms with Crippen molar-refractivity contribution in [2.75, 3.05) is 0 Å². The van der Waals surface area contributed by atoms with Gasteiger partial charge in [0.05, 0.1) is 6.42 Å². The lowest BCUT2D eigenvalue weighted by Gasteiger charge is -1.95. The van der Waals surface area contributed by atoms with Crippen molar-refractivity contribution in [3.63, 3.8) is 0 Å². The molecule has 1 atom stereocenters. The Hall–Kier alpha value is -1.04. The molecule has 2 nitrogen and oxygen atoms in total. The summed E-state index contributed by atoms with van der Waals surface area (Å²) in [7, 11) is 0. The molecule has 1 aliphatic rings. The van der Waals surface area contributed by atoms with E-state index in [-0.39, 0.29) is 5.97 Å². The molecule has 9 heavy (non-hydrogen) atoms. The number of ether oxygens (including phenoxy) is 1. The van der Waals surface area contributed by atoms with E-state index in [9.17, 15) is 9.18 Å². The Morgan fingerprint density at radius 2 is 2.56 bits per heavy atom. The molecule has 0 amide bonds. The number of halogens is 1. The van der Waals surface area contributed by atoms with Crippen molar-refractivity contribution in [1.29, 1.82) is 0 Å². The molecule has 0 radical (unpaired) electrons. The molecule has 1 rings (SSSR count). The number of hydrogen-bond acceptors (Lipinski definition) is 2. The zero-order valence-corrected chi connectivity index (χ0v) is 4.69. The summed E-state index contributed by atoms with van der Waals surface area (Å²) < 4.78 is 15.8. The highest BCUT2D eigenvalue weighted by Gasteiger charge is 2.20. The van der Waals surface area contributed by atoms with E-state index in [1.165, 1.54) is 6.17 Å². The number of carbonyl (C=O) groups is 1. The summed E-state index contributed by atoms with van der Waals surface area (Å²) in [5.41, 5.74) is 0. The molecule has 0 aromatic heterocycles. The maximum absolute atomic E-state index is 11.2. The van der Waals surface area contributed by atoms with Gasteiger partial charge in [0.2, 0.25) is 0 Å². The number of hydrogen-bond donors (Lipinski definition) is 0. The Morgan fingerprint density at radius 1 is 1.78 bits per heavy atom. The molecule has 0 saturated carbocycles. The molecule has 0 spiro atoms. The van der Waals surface area contributed by atoms with E-state index in [0.717, 1.165) is 0 Å². The highest BCUT2D eigenvalue weighted by molar-refractivity contribution is 5.72. The first-order chi connectivity index (χ1) is 4.33. The summed E-state index contributed by atoms with van der Waals surface area (Å²) >= 11 is 0. The minimum absolute atomic E-state index is 0.289. The quantitative estimate of drug-likeness (QED) is 0.353. The van der Waals surface area contributed by atoms with E-state index in [1.807, 2.05) is 0 Å². The van der Waals surface area contributed by atoms with E-state index >= 15 is 0 Å². The predicted molar refractivity (Wildman–Crippen MR) is 28.0 cm³/mol. The topological polar surface area (TPSA) is 26.3 Å². The second kappa shape index (κ2) is 2.49. The van der Waals surface area contributed by atoms with Crippen molar-refractivity contribution in [2.24, 2.45) is 0 Å². The van der Waals surface area contributed by atoms with E-state index in [1.54, 1.807) is 0 Å². The minimum Gasteiger partial charge on any atom is -0.449 e. The highest BCUT2D eigenvalue weighted by Crippen LogP contribution is 2.11. The highest BCUT2D eigenvalue weighted by atomic mass is 19.1. The average Bonchev–Trinajstić information content (AvgIpc) is 2.17. The summed E-state index contributed by atoms with van der Waals surface area (Å²) in [6, 6.07) is 0. The summed E-state index contributed by atoms with van der Waals surface area (Å²) in [4.78, 5) is 10.3. The third-order valence-electron chi connectivity index (χ3n) is 1.10. The van der Waals surface area contributed by atoms with Crippen LogP contribution in [0.5, 0.6) is 0 Å². The molecule has 1 unspecified atom stereocenters.